The van der Waals surface area contributed by atoms with Crippen molar-refractivity contribution in [2.45, 2.75) is 32.6 Å². The molecule has 9 heteroatoms. The number of aromatic nitrogens is 3. The Kier molecular flexibility index (Phi) is 4.58. The lowest BCUT2D eigenvalue weighted by Gasteiger charge is -2.12. The molecule has 2 heterocycles. The second-order valence-corrected chi connectivity index (χ2v) is 8.19. The van der Waals surface area contributed by atoms with Crippen LogP contribution in [0.25, 0.3) is 11.6 Å². The molecule has 7 nitrogen and oxygen atoms in total. The molecule has 1 aromatic carbocycles. The molecule has 0 aliphatic rings. The maximum atomic E-state index is 13.1. The highest BCUT2D eigenvalue weighted by atomic mass is 35.5. The van der Waals surface area contributed by atoms with E-state index in [0.29, 0.717) is 33.6 Å². The van der Waals surface area contributed by atoms with Crippen molar-refractivity contribution in [3.8, 4) is 11.6 Å². The first kappa shape index (κ1) is 18.5. The van der Waals surface area contributed by atoms with Crippen LogP contribution in [0, 0.1) is 27.7 Å². The number of benzene rings is 1. The van der Waals surface area contributed by atoms with E-state index >= 15 is 0 Å². The van der Waals surface area contributed by atoms with Gasteiger partial charge in [-0.25, -0.2) is 8.42 Å². The first-order chi connectivity index (χ1) is 12.1. The standard InChI is InChI=1S/C17H19ClN4O3S/c1-9-6-7-13(18)8-14(9)21-26(23,24)16-10(2)15(22(5)11(16)3)17-20-19-12(4)25-17/h6-8,21H,1-5H3. The largest absolute Gasteiger partial charge is 0.420 e. The van der Waals surface area contributed by atoms with Crippen LogP contribution in [0.4, 0.5) is 5.69 Å². The molecule has 0 saturated heterocycles. The Morgan fingerprint density at radius 3 is 2.46 bits per heavy atom. The first-order valence-corrected chi connectivity index (χ1v) is 9.73. The van der Waals surface area contributed by atoms with E-state index in [0.717, 1.165) is 5.56 Å². The fraction of sp³-hybridized carbons (Fsp3) is 0.294. The molecule has 0 spiro atoms. The number of nitrogens with zero attached hydrogens (tertiary/aromatic N) is 3. The smallest absolute Gasteiger partial charge is 0.264 e. The van der Waals surface area contributed by atoms with Crippen molar-refractivity contribution < 1.29 is 12.8 Å². The summed E-state index contributed by atoms with van der Waals surface area (Å²) in [6.45, 7) is 6.95. The lowest BCUT2D eigenvalue weighted by molar-refractivity contribution is 0.528. The van der Waals surface area contributed by atoms with Gasteiger partial charge >= 0.3 is 0 Å². The Morgan fingerprint density at radius 2 is 1.85 bits per heavy atom. The van der Waals surface area contributed by atoms with Crippen molar-refractivity contribution in [3.63, 3.8) is 0 Å². The van der Waals surface area contributed by atoms with Gasteiger partial charge in [0.25, 0.3) is 15.9 Å². The highest BCUT2D eigenvalue weighted by molar-refractivity contribution is 7.92. The lowest BCUT2D eigenvalue weighted by atomic mass is 10.2. The Balaban J connectivity index is 2.13. The van der Waals surface area contributed by atoms with Gasteiger partial charge in [-0.3, -0.25) is 4.72 Å². The number of anilines is 1. The number of hydrogen-bond donors (Lipinski definition) is 1. The van der Waals surface area contributed by atoms with E-state index in [1.165, 1.54) is 0 Å². The molecule has 0 fully saturated rings. The third-order valence-corrected chi connectivity index (χ3v) is 6.17. The lowest BCUT2D eigenvalue weighted by Crippen LogP contribution is -2.15. The van der Waals surface area contributed by atoms with Gasteiger partial charge in [0.2, 0.25) is 5.89 Å². The van der Waals surface area contributed by atoms with Gasteiger partial charge in [-0.05, 0) is 38.5 Å². The molecule has 0 amide bonds. The fourth-order valence-electron chi connectivity index (χ4n) is 2.94. The minimum Gasteiger partial charge on any atom is -0.420 e. The third kappa shape index (κ3) is 3.10. The monoisotopic (exact) mass is 394 g/mol. The number of aryl methyl sites for hydroxylation is 2. The molecule has 3 rings (SSSR count). The maximum absolute atomic E-state index is 13.1. The molecule has 0 bridgehead atoms. The van der Waals surface area contributed by atoms with Gasteiger partial charge < -0.3 is 8.98 Å². The summed E-state index contributed by atoms with van der Waals surface area (Å²) < 4.78 is 36.0. The zero-order valence-corrected chi connectivity index (χ0v) is 16.7. The number of hydrogen-bond acceptors (Lipinski definition) is 5. The van der Waals surface area contributed by atoms with Crippen LogP contribution >= 0.6 is 11.6 Å². The zero-order valence-electron chi connectivity index (χ0n) is 15.1. The topological polar surface area (TPSA) is 90.0 Å². The molecule has 0 radical (unpaired) electrons. The van der Waals surface area contributed by atoms with E-state index in [2.05, 4.69) is 14.9 Å². The number of halogens is 1. The van der Waals surface area contributed by atoms with E-state index in [1.54, 1.807) is 50.6 Å². The highest BCUT2D eigenvalue weighted by Crippen LogP contribution is 2.34. The van der Waals surface area contributed by atoms with Gasteiger partial charge in [-0.1, -0.05) is 17.7 Å². The van der Waals surface area contributed by atoms with Gasteiger partial charge in [0.1, 0.15) is 10.6 Å². The normalized spacial score (nSPS) is 11.8. The van der Waals surface area contributed by atoms with Crippen molar-refractivity contribution in [2.24, 2.45) is 7.05 Å². The van der Waals surface area contributed by atoms with E-state index in [4.69, 9.17) is 16.0 Å². The minimum absolute atomic E-state index is 0.185. The summed E-state index contributed by atoms with van der Waals surface area (Å²) in [5.41, 5.74) is 2.90. The zero-order chi connectivity index (χ0) is 19.2. The molecule has 138 valence electrons. The van der Waals surface area contributed by atoms with Crippen molar-refractivity contribution in [2.75, 3.05) is 4.72 Å². The molecule has 0 saturated carbocycles. The second-order valence-electron chi connectivity index (χ2n) is 6.14. The predicted octanol–water partition coefficient (Wildman–Crippen LogP) is 3.76. The van der Waals surface area contributed by atoms with Crippen molar-refractivity contribution in [1.29, 1.82) is 0 Å². The van der Waals surface area contributed by atoms with Crippen molar-refractivity contribution >= 4 is 27.3 Å². The molecule has 26 heavy (non-hydrogen) atoms. The van der Waals surface area contributed by atoms with E-state index in [-0.39, 0.29) is 10.8 Å². The summed E-state index contributed by atoms with van der Waals surface area (Å²) in [7, 11) is -2.07. The molecule has 0 atom stereocenters. The Hall–Kier alpha value is -2.32. The van der Waals surface area contributed by atoms with Crippen LogP contribution in [0.2, 0.25) is 5.02 Å². The molecule has 1 N–H and O–H groups in total. The molecule has 0 unspecified atom stereocenters. The molecular weight excluding hydrogens is 376 g/mol. The number of nitrogens with one attached hydrogen (secondary N) is 1. The van der Waals surface area contributed by atoms with Crippen LogP contribution in [0.15, 0.2) is 27.5 Å². The van der Waals surface area contributed by atoms with Gasteiger partial charge in [0.15, 0.2) is 0 Å². The predicted molar refractivity (Wildman–Crippen MR) is 99.9 cm³/mol. The van der Waals surface area contributed by atoms with E-state index in [9.17, 15) is 8.42 Å². The van der Waals surface area contributed by atoms with E-state index in [1.807, 2.05) is 6.92 Å². The van der Waals surface area contributed by atoms with Gasteiger partial charge in [0, 0.05) is 30.3 Å². The van der Waals surface area contributed by atoms with Crippen LogP contribution < -0.4 is 4.72 Å². The van der Waals surface area contributed by atoms with E-state index < -0.39 is 10.0 Å². The molecular formula is C17H19ClN4O3S. The Labute approximate surface area is 157 Å². The quantitative estimate of drug-likeness (QED) is 0.727. The maximum Gasteiger partial charge on any atom is 0.264 e. The third-order valence-electron chi connectivity index (χ3n) is 4.30. The summed E-state index contributed by atoms with van der Waals surface area (Å²) in [5, 5.41) is 8.29. The first-order valence-electron chi connectivity index (χ1n) is 7.87. The molecule has 0 aliphatic heterocycles. The summed E-state index contributed by atoms with van der Waals surface area (Å²) >= 11 is 6.00. The summed E-state index contributed by atoms with van der Waals surface area (Å²) in [4.78, 5) is 0.185. The van der Waals surface area contributed by atoms with Crippen LogP contribution in [0.1, 0.15) is 22.7 Å². The van der Waals surface area contributed by atoms with Crippen LogP contribution in [0.5, 0.6) is 0 Å². The van der Waals surface area contributed by atoms with Gasteiger partial charge in [0.05, 0.1) is 5.69 Å². The molecule has 2 aromatic heterocycles. The fourth-order valence-corrected chi connectivity index (χ4v) is 4.75. The van der Waals surface area contributed by atoms with Gasteiger partial charge in [-0.2, -0.15) is 0 Å². The van der Waals surface area contributed by atoms with Crippen LogP contribution in [-0.2, 0) is 17.1 Å². The summed E-state index contributed by atoms with van der Waals surface area (Å²) in [6, 6.07) is 5.06. The number of sulfonamides is 1. The van der Waals surface area contributed by atoms with Gasteiger partial charge in [-0.15, -0.1) is 10.2 Å². The Bertz CT molecular complexity index is 1100. The Morgan fingerprint density at radius 1 is 1.15 bits per heavy atom. The molecule has 3 aromatic rings. The SMILES string of the molecule is Cc1nnc(-c2c(C)c(S(=O)(=O)Nc3cc(Cl)ccc3C)c(C)n2C)o1. The minimum atomic E-state index is -3.84. The average Bonchev–Trinajstić information content (AvgIpc) is 3.05. The van der Waals surface area contributed by atoms with Crippen LogP contribution in [0.3, 0.4) is 0 Å². The highest BCUT2D eigenvalue weighted by Gasteiger charge is 2.29. The summed E-state index contributed by atoms with van der Waals surface area (Å²) in [5.74, 6) is 0.696. The van der Waals surface area contributed by atoms with Crippen molar-refractivity contribution in [1.82, 2.24) is 14.8 Å². The number of rotatable bonds is 4. The van der Waals surface area contributed by atoms with Crippen molar-refractivity contribution in [3.05, 3.63) is 45.9 Å². The average molecular weight is 395 g/mol. The van der Waals surface area contributed by atoms with Crippen LogP contribution in [-0.4, -0.2) is 23.2 Å². The molecule has 0 aliphatic carbocycles. The summed E-state index contributed by atoms with van der Waals surface area (Å²) in [6.07, 6.45) is 0. The second kappa shape index (κ2) is 6.44.